The number of rotatable bonds is 4. The van der Waals surface area contributed by atoms with Crippen molar-refractivity contribution in [2.45, 2.75) is 18.1 Å². The van der Waals surface area contributed by atoms with Crippen LogP contribution in [0, 0.1) is 0 Å². The van der Waals surface area contributed by atoms with Crippen LogP contribution in [0.1, 0.15) is 12.1 Å². The van der Waals surface area contributed by atoms with Gasteiger partial charge in [0.2, 0.25) is 0 Å². The van der Waals surface area contributed by atoms with Crippen molar-refractivity contribution in [1.82, 2.24) is 8.96 Å². The van der Waals surface area contributed by atoms with Gasteiger partial charge in [-0.05, 0) is 24.3 Å². The van der Waals surface area contributed by atoms with E-state index < -0.39 is 22.1 Å². The summed E-state index contributed by atoms with van der Waals surface area (Å²) in [5, 5.41) is 0.435. The Morgan fingerprint density at radius 2 is 1.87 bits per heavy atom. The van der Waals surface area contributed by atoms with Crippen molar-refractivity contribution in [3.05, 3.63) is 54.4 Å². The molecule has 118 valence electrons. The third kappa shape index (κ3) is 2.52. The average molecular weight is 334 g/mol. The fourth-order valence-corrected chi connectivity index (χ4v) is 4.05. The van der Waals surface area contributed by atoms with Crippen molar-refractivity contribution in [2.75, 3.05) is 0 Å². The minimum absolute atomic E-state index is 0.0310. The van der Waals surface area contributed by atoms with E-state index in [0.717, 1.165) is 5.46 Å². The highest BCUT2D eigenvalue weighted by molar-refractivity contribution is 7.90. The van der Waals surface area contributed by atoms with Gasteiger partial charge in [0.05, 0.1) is 4.90 Å². The van der Waals surface area contributed by atoms with Crippen LogP contribution in [-0.4, -0.2) is 24.7 Å². The largest absolute Gasteiger partial charge is 0.279 e. The van der Waals surface area contributed by atoms with Gasteiger partial charge < -0.3 is 0 Å². The SMILES string of the molecule is CBc1ccnc2c1cc(C(F)F)n2S(=O)(=O)c1ccccc1. The molecule has 2 heterocycles. The summed E-state index contributed by atoms with van der Waals surface area (Å²) in [7, 11) is -3.55. The molecule has 0 radical (unpaired) electrons. The summed E-state index contributed by atoms with van der Waals surface area (Å²) < 4.78 is 53.2. The first-order valence-corrected chi connectivity index (χ1v) is 8.48. The van der Waals surface area contributed by atoms with Crippen LogP contribution in [0.15, 0.2) is 53.6 Å². The number of aromatic nitrogens is 2. The Labute approximate surface area is 133 Å². The van der Waals surface area contributed by atoms with Gasteiger partial charge in [-0.3, -0.25) is 0 Å². The van der Waals surface area contributed by atoms with E-state index in [-0.39, 0.29) is 10.5 Å². The van der Waals surface area contributed by atoms with E-state index in [1.165, 1.54) is 24.4 Å². The monoisotopic (exact) mass is 334 g/mol. The number of nitrogens with zero attached hydrogens (tertiary/aromatic N) is 2. The minimum Gasteiger partial charge on any atom is -0.237 e. The minimum atomic E-state index is -4.15. The third-order valence-corrected chi connectivity index (χ3v) is 5.40. The van der Waals surface area contributed by atoms with E-state index in [1.54, 1.807) is 24.3 Å². The molecular formula is C15H13BF2N2O2S. The molecule has 0 aliphatic rings. The van der Waals surface area contributed by atoms with Gasteiger partial charge in [0.15, 0.2) is 12.9 Å². The second-order valence-corrected chi connectivity index (χ2v) is 6.80. The fraction of sp³-hybridized carbons (Fsp3) is 0.133. The molecule has 0 aliphatic heterocycles. The summed E-state index contributed by atoms with van der Waals surface area (Å²) >= 11 is 0. The maximum absolute atomic E-state index is 13.4. The van der Waals surface area contributed by atoms with Crippen molar-refractivity contribution in [3.63, 3.8) is 0 Å². The number of hydrogen-bond acceptors (Lipinski definition) is 3. The van der Waals surface area contributed by atoms with E-state index in [4.69, 9.17) is 0 Å². The van der Waals surface area contributed by atoms with Gasteiger partial charge >= 0.3 is 0 Å². The first kappa shape index (κ1) is 15.7. The van der Waals surface area contributed by atoms with Crippen LogP contribution >= 0.6 is 0 Å². The Morgan fingerprint density at radius 1 is 1.17 bits per heavy atom. The number of fused-ring (bicyclic) bond motifs is 1. The number of hydrogen-bond donors (Lipinski definition) is 0. The van der Waals surface area contributed by atoms with Gasteiger partial charge in [-0.2, -0.15) is 0 Å². The van der Waals surface area contributed by atoms with E-state index in [9.17, 15) is 17.2 Å². The molecule has 0 bridgehead atoms. The molecule has 1 aromatic carbocycles. The molecule has 4 nitrogen and oxygen atoms in total. The molecule has 0 unspecified atom stereocenters. The summed E-state index contributed by atoms with van der Waals surface area (Å²) in [5.41, 5.74) is 0.236. The summed E-state index contributed by atoms with van der Waals surface area (Å²) in [5.74, 6) is 0. The predicted octanol–water partition coefficient (Wildman–Crippen LogP) is 2.32. The lowest BCUT2D eigenvalue weighted by atomic mass is 9.72. The van der Waals surface area contributed by atoms with Crippen LogP contribution in [0.2, 0.25) is 6.82 Å². The molecule has 0 atom stereocenters. The first-order valence-electron chi connectivity index (χ1n) is 7.04. The van der Waals surface area contributed by atoms with Crippen molar-refractivity contribution < 1.29 is 17.2 Å². The molecule has 2 aromatic heterocycles. The van der Waals surface area contributed by atoms with Crippen LogP contribution in [0.25, 0.3) is 11.0 Å². The highest BCUT2D eigenvalue weighted by atomic mass is 32.2. The van der Waals surface area contributed by atoms with E-state index in [2.05, 4.69) is 4.98 Å². The van der Waals surface area contributed by atoms with Gasteiger partial charge in [0.1, 0.15) is 5.69 Å². The Hall–Kier alpha value is -2.22. The normalized spacial score (nSPS) is 12.0. The third-order valence-electron chi connectivity index (χ3n) is 3.66. The molecule has 0 fully saturated rings. The van der Waals surface area contributed by atoms with Gasteiger partial charge in [-0.1, -0.05) is 30.5 Å². The smallest absolute Gasteiger partial charge is 0.237 e. The summed E-state index contributed by atoms with van der Waals surface area (Å²) in [6, 6.07) is 10.4. The second-order valence-electron chi connectivity index (χ2n) is 5.01. The van der Waals surface area contributed by atoms with Crippen molar-refractivity contribution in [1.29, 1.82) is 0 Å². The highest BCUT2D eigenvalue weighted by Gasteiger charge is 2.28. The maximum Gasteiger partial charge on any atom is 0.279 e. The molecule has 0 saturated carbocycles. The lowest BCUT2D eigenvalue weighted by Crippen LogP contribution is -2.17. The first-order chi connectivity index (χ1) is 11.0. The van der Waals surface area contributed by atoms with Gasteiger partial charge in [0, 0.05) is 11.6 Å². The van der Waals surface area contributed by atoms with Crippen LogP contribution in [0.3, 0.4) is 0 Å². The maximum atomic E-state index is 13.4. The molecule has 3 aromatic rings. The van der Waals surface area contributed by atoms with Crippen molar-refractivity contribution in [2.24, 2.45) is 0 Å². The zero-order chi connectivity index (χ0) is 16.6. The molecule has 23 heavy (non-hydrogen) atoms. The Morgan fingerprint density at radius 3 is 2.48 bits per heavy atom. The van der Waals surface area contributed by atoms with E-state index >= 15 is 0 Å². The molecule has 0 aliphatic carbocycles. The number of halogens is 2. The molecule has 0 N–H and O–H groups in total. The zero-order valence-corrected chi connectivity index (χ0v) is 13.1. The average Bonchev–Trinajstić information content (AvgIpc) is 2.96. The van der Waals surface area contributed by atoms with Crippen LogP contribution in [0.5, 0.6) is 0 Å². The van der Waals surface area contributed by atoms with Gasteiger partial charge in [0.25, 0.3) is 16.4 Å². The number of benzene rings is 1. The topological polar surface area (TPSA) is 52.0 Å². The van der Waals surface area contributed by atoms with Crippen LogP contribution in [0.4, 0.5) is 8.78 Å². The number of pyridine rings is 1. The molecular weight excluding hydrogens is 321 g/mol. The number of alkyl halides is 2. The molecule has 0 saturated heterocycles. The van der Waals surface area contributed by atoms with E-state index in [1.807, 2.05) is 6.82 Å². The van der Waals surface area contributed by atoms with E-state index in [0.29, 0.717) is 16.6 Å². The predicted molar refractivity (Wildman–Crippen MR) is 86.4 cm³/mol. The van der Waals surface area contributed by atoms with Crippen LogP contribution < -0.4 is 5.46 Å². The summed E-state index contributed by atoms with van der Waals surface area (Å²) in [4.78, 5) is 3.98. The molecule has 0 amide bonds. The Bertz CT molecular complexity index is 956. The second kappa shape index (κ2) is 5.77. The molecule has 3 rings (SSSR count). The fourth-order valence-electron chi connectivity index (χ4n) is 2.56. The Balaban J connectivity index is 2.39. The van der Waals surface area contributed by atoms with Crippen molar-refractivity contribution >= 4 is 33.8 Å². The summed E-state index contributed by atoms with van der Waals surface area (Å²) in [6.45, 7) is 1.87. The zero-order valence-electron chi connectivity index (χ0n) is 12.3. The quantitative estimate of drug-likeness (QED) is 0.688. The van der Waals surface area contributed by atoms with Crippen LogP contribution in [-0.2, 0) is 10.0 Å². The molecule has 8 heteroatoms. The lowest BCUT2D eigenvalue weighted by Gasteiger charge is -2.11. The van der Waals surface area contributed by atoms with Gasteiger partial charge in [-0.15, -0.1) is 0 Å². The Kier molecular flexibility index (Phi) is 3.93. The van der Waals surface area contributed by atoms with Crippen molar-refractivity contribution in [3.8, 4) is 0 Å². The standard InChI is InChI=1S/C15H13BF2N2O2S/c1-16-12-7-8-19-15-11(12)9-13(14(17)18)20(15)23(21,22)10-5-3-2-4-6-10/h2-9,14,16H,1H3. The van der Waals surface area contributed by atoms with Gasteiger partial charge in [-0.25, -0.2) is 26.2 Å². The highest BCUT2D eigenvalue weighted by Crippen LogP contribution is 2.29. The summed E-state index contributed by atoms with van der Waals surface area (Å²) in [6.07, 6.45) is -1.49. The lowest BCUT2D eigenvalue weighted by molar-refractivity contribution is 0.145. The molecule has 0 spiro atoms.